The summed E-state index contributed by atoms with van der Waals surface area (Å²) in [6.07, 6.45) is 5.24. The molecule has 1 N–H and O–H groups in total. The van der Waals surface area contributed by atoms with Crippen molar-refractivity contribution in [3.8, 4) is 0 Å². The van der Waals surface area contributed by atoms with Crippen molar-refractivity contribution in [2.24, 2.45) is 0 Å². The lowest BCUT2D eigenvalue weighted by Gasteiger charge is -2.13. The molecule has 0 aliphatic heterocycles. The quantitative estimate of drug-likeness (QED) is 0.866. The number of hydrogen-bond acceptors (Lipinski definition) is 3. The molecule has 3 nitrogen and oxygen atoms in total. The molecule has 0 aliphatic carbocycles. The Hall–Kier alpha value is -1.29. The molecule has 16 heavy (non-hydrogen) atoms. The molecule has 0 amide bonds. The number of furan rings is 1. The van der Waals surface area contributed by atoms with Gasteiger partial charge in [0.15, 0.2) is 0 Å². The first-order chi connectivity index (χ1) is 7.66. The van der Waals surface area contributed by atoms with Crippen LogP contribution in [0.4, 0.5) is 5.69 Å². The highest BCUT2D eigenvalue weighted by atomic mass is 79.9. The van der Waals surface area contributed by atoms with Crippen LogP contribution in [0.15, 0.2) is 39.9 Å². The van der Waals surface area contributed by atoms with Gasteiger partial charge >= 0.3 is 0 Å². The molecule has 2 aromatic rings. The van der Waals surface area contributed by atoms with E-state index in [2.05, 4.69) is 39.2 Å². The summed E-state index contributed by atoms with van der Waals surface area (Å²) in [5.41, 5.74) is 3.25. The van der Waals surface area contributed by atoms with Gasteiger partial charge in [0.1, 0.15) is 4.60 Å². The molecule has 2 heterocycles. The van der Waals surface area contributed by atoms with Gasteiger partial charge in [-0.05, 0) is 47.5 Å². The van der Waals surface area contributed by atoms with Crippen LogP contribution < -0.4 is 5.32 Å². The molecule has 84 valence electrons. The van der Waals surface area contributed by atoms with Gasteiger partial charge < -0.3 is 9.73 Å². The lowest BCUT2D eigenvalue weighted by Crippen LogP contribution is -2.06. The van der Waals surface area contributed by atoms with Gasteiger partial charge in [-0.25, -0.2) is 4.98 Å². The van der Waals surface area contributed by atoms with Gasteiger partial charge in [-0.2, -0.15) is 0 Å². The summed E-state index contributed by atoms with van der Waals surface area (Å²) in [7, 11) is 0. The van der Waals surface area contributed by atoms with Crippen molar-refractivity contribution in [3.05, 3.63) is 46.6 Å². The standard InChI is InChI=1S/C12H13BrN2O/c1-8-5-11(6-14-12(8)13)15-9(2)10-3-4-16-7-10/h3-7,9,15H,1-2H3. The highest BCUT2D eigenvalue weighted by Crippen LogP contribution is 2.22. The number of nitrogens with one attached hydrogen (secondary N) is 1. The highest BCUT2D eigenvalue weighted by molar-refractivity contribution is 9.10. The summed E-state index contributed by atoms with van der Waals surface area (Å²) in [6.45, 7) is 4.10. The van der Waals surface area contributed by atoms with Gasteiger partial charge in [-0.15, -0.1) is 0 Å². The molecule has 0 saturated carbocycles. The molecule has 0 bridgehead atoms. The summed E-state index contributed by atoms with van der Waals surface area (Å²) < 4.78 is 5.94. The first-order valence-corrected chi connectivity index (χ1v) is 5.87. The molecule has 0 saturated heterocycles. The fourth-order valence-corrected chi connectivity index (χ4v) is 1.71. The second-order valence-electron chi connectivity index (χ2n) is 3.75. The van der Waals surface area contributed by atoms with Gasteiger partial charge in [0, 0.05) is 5.56 Å². The van der Waals surface area contributed by atoms with Crippen LogP contribution in [-0.4, -0.2) is 4.98 Å². The zero-order valence-corrected chi connectivity index (χ0v) is 10.8. The van der Waals surface area contributed by atoms with E-state index < -0.39 is 0 Å². The zero-order chi connectivity index (χ0) is 11.5. The van der Waals surface area contributed by atoms with Crippen molar-refractivity contribution < 1.29 is 4.42 Å². The highest BCUT2D eigenvalue weighted by Gasteiger charge is 2.07. The van der Waals surface area contributed by atoms with Crippen molar-refractivity contribution in [1.82, 2.24) is 4.98 Å². The monoisotopic (exact) mass is 280 g/mol. The number of pyridine rings is 1. The molecule has 0 spiro atoms. The summed E-state index contributed by atoms with van der Waals surface area (Å²) in [5.74, 6) is 0. The molecule has 0 radical (unpaired) electrons. The predicted molar refractivity (Wildman–Crippen MR) is 67.4 cm³/mol. The zero-order valence-electron chi connectivity index (χ0n) is 9.20. The second kappa shape index (κ2) is 4.70. The van der Waals surface area contributed by atoms with Gasteiger partial charge in [-0.1, -0.05) is 0 Å². The molecule has 0 fully saturated rings. The van der Waals surface area contributed by atoms with E-state index >= 15 is 0 Å². The van der Waals surface area contributed by atoms with Crippen molar-refractivity contribution >= 4 is 21.6 Å². The Bertz CT molecular complexity index is 468. The van der Waals surface area contributed by atoms with E-state index in [1.807, 2.05) is 19.2 Å². The van der Waals surface area contributed by atoms with Gasteiger partial charge in [-0.3, -0.25) is 0 Å². The Morgan fingerprint density at radius 1 is 1.50 bits per heavy atom. The molecule has 1 atom stereocenters. The minimum absolute atomic E-state index is 0.209. The normalized spacial score (nSPS) is 12.4. The van der Waals surface area contributed by atoms with Crippen LogP contribution in [0.1, 0.15) is 24.1 Å². The first kappa shape index (κ1) is 11.2. The lowest BCUT2D eigenvalue weighted by atomic mass is 10.1. The number of nitrogens with zero attached hydrogens (tertiary/aromatic N) is 1. The van der Waals surface area contributed by atoms with Crippen LogP contribution in [0, 0.1) is 6.92 Å². The fraction of sp³-hybridized carbons (Fsp3) is 0.250. The Kier molecular flexibility index (Phi) is 3.29. The maximum atomic E-state index is 5.05. The van der Waals surface area contributed by atoms with Crippen LogP contribution in [-0.2, 0) is 0 Å². The van der Waals surface area contributed by atoms with Gasteiger partial charge in [0.2, 0.25) is 0 Å². The third-order valence-corrected chi connectivity index (χ3v) is 3.27. The van der Waals surface area contributed by atoms with E-state index in [1.54, 1.807) is 12.5 Å². The van der Waals surface area contributed by atoms with E-state index in [0.717, 1.165) is 21.4 Å². The molecule has 1 unspecified atom stereocenters. The van der Waals surface area contributed by atoms with Crippen molar-refractivity contribution in [2.45, 2.75) is 19.9 Å². The van der Waals surface area contributed by atoms with Gasteiger partial charge in [0.05, 0.1) is 30.5 Å². The number of anilines is 1. The van der Waals surface area contributed by atoms with Crippen LogP contribution in [0.2, 0.25) is 0 Å². The fourth-order valence-electron chi connectivity index (χ4n) is 1.49. The van der Waals surface area contributed by atoms with E-state index in [-0.39, 0.29) is 6.04 Å². The first-order valence-electron chi connectivity index (χ1n) is 5.07. The maximum Gasteiger partial charge on any atom is 0.109 e. The third kappa shape index (κ3) is 2.44. The third-order valence-electron chi connectivity index (χ3n) is 2.44. The number of aryl methyl sites for hydroxylation is 1. The lowest BCUT2D eigenvalue weighted by molar-refractivity contribution is 0.562. The minimum Gasteiger partial charge on any atom is -0.472 e. The van der Waals surface area contributed by atoms with E-state index in [4.69, 9.17) is 4.42 Å². The number of halogens is 1. The maximum absolute atomic E-state index is 5.05. The van der Waals surface area contributed by atoms with Crippen LogP contribution in [0.3, 0.4) is 0 Å². The van der Waals surface area contributed by atoms with Crippen LogP contribution in [0.25, 0.3) is 0 Å². The van der Waals surface area contributed by atoms with E-state index in [0.29, 0.717) is 0 Å². The average Bonchev–Trinajstić information content (AvgIpc) is 2.77. The van der Waals surface area contributed by atoms with E-state index in [1.165, 1.54) is 0 Å². The predicted octanol–water partition coefficient (Wildman–Crippen LogP) is 3.92. The van der Waals surface area contributed by atoms with E-state index in [9.17, 15) is 0 Å². The summed E-state index contributed by atoms with van der Waals surface area (Å²) in [4.78, 5) is 4.24. The molecule has 4 heteroatoms. The topological polar surface area (TPSA) is 38.1 Å². The minimum atomic E-state index is 0.209. The molecule has 2 aromatic heterocycles. The molecular weight excluding hydrogens is 268 g/mol. The Labute approximate surface area is 103 Å². The number of rotatable bonds is 3. The van der Waals surface area contributed by atoms with Crippen LogP contribution >= 0.6 is 15.9 Å². The Morgan fingerprint density at radius 3 is 2.94 bits per heavy atom. The van der Waals surface area contributed by atoms with Crippen LogP contribution in [0.5, 0.6) is 0 Å². The molecule has 0 aromatic carbocycles. The summed E-state index contributed by atoms with van der Waals surface area (Å²) >= 11 is 3.38. The molecular formula is C12H13BrN2O. The van der Waals surface area contributed by atoms with Gasteiger partial charge in [0.25, 0.3) is 0 Å². The molecule has 2 rings (SSSR count). The SMILES string of the molecule is Cc1cc(NC(C)c2ccoc2)cnc1Br. The Balaban J connectivity index is 2.12. The summed E-state index contributed by atoms with van der Waals surface area (Å²) in [6, 6.07) is 4.23. The van der Waals surface area contributed by atoms with Crippen molar-refractivity contribution in [2.75, 3.05) is 5.32 Å². The summed E-state index contributed by atoms with van der Waals surface area (Å²) in [5, 5.41) is 3.37. The van der Waals surface area contributed by atoms with Crippen molar-refractivity contribution in [3.63, 3.8) is 0 Å². The van der Waals surface area contributed by atoms with Crippen molar-refractivity contribution in [1.29, 1.82) is 0 Å². The Morgan fingerprint density at radius 2 is 2.31 bits per heavy atom. The second-order valence-corrected chi connectivity index (χ2v) is 4.51. The average molecular weight is 281 g/mol. The molecule has 0 aliphatic rings. The number of aromatic nitrogens is 1. The largest absolute Gasteiger partial charge is 0.472 e. The number of hydrogen-bond donors (Lipinski definition) is 1. The smallest absolute Gasteiger partial charge is 0.109 e.